The van der Waals surface area contributed by atoms with E-state index in [0.717, 1.165) is 17.7 Å². The average Bonchev–Trinajstić information content (AvgIpc) is 3.37. The maximum atomic E-state index is 13.3. The molecule has 0 spiro atoms. The number of benzene rings is 2. The highest BCUT2D eigenvalue weighted by molar-refractivity contribution is 6.30. The Labute approximate surface area is 236 Å². The van der Waals surface area contributed by atoms with Crippen molar-refractivity contribution >= 4 is 34.8 Å². The van der Waals surface area contributed by atoms with E-state index in [2.05, 4.69) is 30.7 Å². The third-order valence-electron chi connectivity index (χ3n) is 5.69. The molecule has 208 valence electrons. The van der Waals surface area contributed by atoms with Gasteiger partial charge in [-0.2, -0.15) is 18.3 Å². The molecule has 0 aliphatic rings. The first-order valence-electron chi connectivity index (χ1n) is 11.9. The van der Waals surface area contributed by atoms with Gasteiger partial charge in [0.05, 0.1) is 45.7 Å². The van der Waals surface area contributed by atoms with Gasteiger partial charge in [0, 0.05) is 18.0 Å². The zero-order valence-electron chi connectivity index (χ0n) is 21.1. The summed E-state index contributed by atoms with van der Waals surface area (Å²) in [5, 5.41) is 9.59. The van der Waals surface area contributed by atoms with Crippen LogP contribution in [-0.2, 0) is 6.18 Å². The summed E-state index contributed by atoms with van der Waals surface area (Å²) in [5.74, 6) is 0.769. The molecule has 41 heavy (non-hydrogen) atoms. The smallest absolute Gasteiger partial charge is 0.416 e. The molecule has 0 aliphatic carbocycles. The van der Waals surface area contributed by atoms with Gasteiger partial charge in [0.1, 0.15) is 11.6 Å². The topological polar surface area (TPSA) is 133 Å². The Morgan fingerprint density at radius 1 is 0.976 bits per heavy atom. The van der Waals surface area contributed by atoms with Crippen LogP contribution in [0.15, 0.2) is 79.4 Å². The third kappa shape index (κ3) is 6.53. The number of pyridine rings is 1. The molecular weight excluding hydrogens is 561 g/mol. The van der Waals surface area contributed by atoms with Gasteiger partial charge in [0.2, 0.25) is 0 Å². The first kappa shape index (κ1) is 27.4. The maximum Gasteiger partial charge on any atom is 0.416 e. The van der Waals surface area contributed by atoms with Crippen molar-refractivity contribution in [3.8, 4) is 28.6 Å². The number of urea groups is 1. The molecule has 2 aromatic carbocycles. The van der Waals surface area contributed by atoms with Crippen molar-refractivity contribution in [2.45, 2.75) is 13.1 Å². The van der Waals surface area contributed by atoms with E-state index in [-0.39, 0.29) is 23.1 Å². The van der Waals surface area contributed by atoms with Crippen LogP contribution in [0.4, 0.5) is 35.2 Å². The van der Waals surface area contributed by atoms with Crippen LogP contribution < -0.4 is 21.1 Å². The molecule has 0 bridgehead atoms. The van der Waals surface area contributed by atoms with Gasteiger partial charge >= 0.3 is 18.2 Å². The van der Waals surface area contributed by atoms with Crippen LogP contribution in [0.2, 0.25) is 5.02 Å². The molecule has 5 rings (SSSR count). The summed E-state index contributed by atoms with van der Waals surface area (Å²) in [6.45, 7) is 1.73. The summed E-state index contributed by atoms with van der Waals surface area (Å²) in [6.07, 6.45) is 1.01. The number of anilines is 3. The number of hydrogen-bond donors (Lipinski definition) is 3. The van der Waals surface area contributed by atoms with Crippen LogP contribution in [0, 0.1) is 6.92 Å². The molecule has 0 saturated heterocycles. The molecule has 0 unspecified atom stereocenters. The van der Waals surface area contributed by atoms with Crippen molar-refractivity contribution in [1.29, 1.82) is 0 Å². The predicted octanol–water partition coefficient (Wildman–Crippen LogP) is 6.72. The van der Waals surface area contributed by atoms with E-state index in [1.165, 1.54) is 29.3 Å². The third-order valence-corrected chi connectivity index (χ3v) is 5.89. The standard InChI is InChI=1S/C27H20ClF3N8O2/c1-15-8-9-39(38-15)23-7-4-17(27(29,30)31)10-22(23)37-25(40)36-19-13-34-26(35-14-19)41-20-5-2-16(3-6-20)21-11-18(28)12-33-24(21)32/h2-14H,1H3,(H2,32,33)(H2,36,37,40). The zero-order valence-corrected chi connectivity index (χ0v) is 21.9. The lowest BCUT2D eigenvalue weighted by Crippen LogP contribution is -2.21. The molecule has 0 radical (unpaired) electrons. The fourth-order valence-corrected chi connectivity index (χ4v) is 3.93. The number of carbonyl (C=O) groups is 1. The van der Waals surface area contributed by atoms with Gasteiger partial charge in [0.25, 0.3) is 0 Å². The minimum absolute atomic E-state index is 0.00172. The van der Waals surface area contributed by atoms with E-state index in [4.69, 9.17) is 22.1 Å². The van der Waals surface area contributed by atoms with Crippen LogP contribution in [0.5, 0.6) is 11.8 Å². The number of aromatic nitrogens is 5. The Balaban J connectivity index is 1.26. The molecule has 10 nitrogen and oxygen atoms in total. The number of halogens is 4. The highest BCUT2D eigenvalue weighted by Gasteiger charge is 2.31. The monoisotopic (exact) mass is 580 g/mol. The number of amides is 2. The van der Waals surface area contributed by atoms with Crippen LogP contribution in [0.3, 0.4) is 0 Å². The molecule has 5 aromatic rings. The number of rotatable bonds is 6. The summed E-state index contributed by atoms with van der Waals surface area (Å²) in [6, 6.07) is 12.5. The number of carbonyl (C=O) groups excluding carboxylic acids is 1. The second kappa shape index (κ2) is 11.1. The quantitative estimate of drug-likeness (QED) is 0.203. The summed E-state index contributed by atoms with van der Waals surface area (Å²) >= 11 is 6.01. The Bertz CT molecular complexity index is 1710. The second-order valence-corrected chi connectivity index (χ2v) is 9.11. The van der Waals surface area contributed by atoms with Gasteiger partial charge in [-0.3, -0.25) is 0 Å². The second-order valence-electron chi connectivity index (χ2n) is 8.68. The molecular formula is C27H20ClF3N8O2. The summed E-state index contributed by atoms with van der Waals surface area (Å²) < 4.78 is 47.0. The van der Waals surface area contributed by atoms with E-state index >= 15 is 0 Å². The Hall–Kier alpha value is -5.17. The van der Waals surface area contributed by atoms with Gasteiger partial charge in [-0.1, -0.05) is 23.7 Å². The molecule has 4 N–H and O–H groups in total. The molecule has 3 aromatic heterocycles. The van der Waals surface area contributed by atoms with Crippen molar-refractivity contribution in [3.63, 3.8) is 0 Å². The Morgan fingerprint density at radius 2 is 1.71 bits per heavy atom. The van der Waals surface area contributed by atoms with Gasteiger partial charge in [-0.25, -0.2) is 24.4 Å². The van der Waals surface area contributed by atoms with E-state index < -0.39 is 17.8 Å². The van der Waals surface area contributed by atoms with Gasteiger partial charge in [-0.05, 0) is 55.0 Å². The van der Waals surface area contributed by atoms with Crippen LogP contribution in [-0.4, -0.2) is 30.8 Å². The Morgan fingerprint density at radius 3 is 2.37 bits per heavy atom. The number of nitrogen functional groups attached to an aromatic ring is 1. The first-order valence-corrected chi connectivity index (χ1v) is 12.3. The van der Waals surface area contributed by atoms with Gasteiger partial charge < -0.3 is 21.1 Å². The van der Waals surface area contributed by atoms with Crippen molar-refractivity contribution in [3.05, 3.63) is 95.7 Å². The SMILES string of the molecule is Cc1ccn(-c2ccc(C(F)(F)F)cc2NC(=O)Nc2cnc(Oc3ccc(-c4cc(Cl)cnc4N)cc3)nc2)n1. The van der Waals surface area contributed by atoms with Crippen LogP contribution in [0.25, 0.3) is 16.8 Å². The molecule has 3 heterocycles. The minimum atomic E-state index is -4.60. The normalized spacial score (nSPS) is 11.2. The average molecular weight is 581 g/mol. The van der Waals surface area contributed by atoms with Crippen molar-refractivity contribution in [2.24, 2.45) is 0 Å². The van der Waals surface area contributed by atoms with Crippen molar-refractivity contribution < 1.29 is 22.7 Å². The number of ether oxygens (including phenoxy) is 1. The van der Waals surface area contributed by atoms with E-state index in [0.29, 0.717) is 27.8 Å². The molecule has 0 saturated carbocycles. The van der Waals surface area contributed by atoms with Gasteiger partial charge in [-0.15, -0.1) is 0 Å². The molecule has 0 aliphatic heterocycles. The van der Waals surface area contributed by atoms with Gasteiger partial charge in [0.15, 0.2) is 0 Å². The number of alkyl halides is 3. The fourth-order valence-electron chi connectivity index (χ4n) is 3.77. The summed E-state index contributed by atoms with van der Waals surface area (Å²) in [4.78, 5) is 24.8. The lowest BCUT2D eigenvalue weighted by molar-refractivity contribution is -0.137. The number of nitrogens with two attached hydrogens (primary N) is 1. The number of hydrogen-bond acceptors (Lipinski definition) is 7. The molecule has 14 heteroatoms. The van der Waals surface area contributed by atoms with Crippen LogP contribution >= 0.6 is 11.6 Å². The highest BCUT2D eigenvalue weighted by atomic mass is 35.5. The summed E-state index contributed by atoms with van der Waals surface area (Å²) in [5.41, 5.74) is 7.44. The first-order chi connectivity index (χ1) is 19.5. The number of aryl methyl sites for hydroxylation is 1. The van der Waals surface area contributed by atoms with Crippen LogP contribution in [0.1, 0.15) is 11.3 Å². The largest absolute Gasteiger partial charge is 0.424 e. The molecule has 0 atom stereocenters. The Kier molecular flexibility index (Phi) is 7.44. The predicted molar refractivity (Wildman–Crippen MR) is 147 cm³/mol. The molecule has 0 fully saturated rings. The fraction of sp³-hybridized carbons (Fsp3) is 0.0741. The zero-order chi connectivity index (χ0) is 29.1. The molecule has 2 amide bonds. The van der Waals surface area contributed by atoms with Crippen molar-refractivity contribution in [1.82, 2.24) is 24.7 Å². The van der Waals surface area contributed by atoms with E-state index in [1.54, 1.807) is 49.5 Å². The number of nitrogens with one attached hydrogen (secondary N) is 2. The summed E-state index contributed by atoms with van der Waals surface area (Å²) in [7, 11) is 0. The lowest BCUT2D eigenvalue weighted by atomic mass is 10.1. The number of nitrogens with zero attached hydrogens (tertiary/aromatic N) is 5. The maximum absolute atomic E-state index is 13.3. The highest BCUT2D eigenvalue weighted by Crippen LogP contribution is 2.34. The minimum Gasteiger partial charge on any atom is -0.424 e. The van der Waals surface area contributed by atoms with Crippen molar-refractivity contribution in [2.75, 3.05) is 16.4 Å². The van der Waals surface area contributed by atoms with E-state index in [1.807, 2.05) is 0 Å². The lowest BCUT2D eigenvalue weighted by Gasteiger charge is -2.15. The van der Waals surface area contributed by atoms with E-state index in [9.17, 15) is 18.0 Å².